The van der Waals surface area contributed by atoms with Crippen molar-refractivity contribution in [2.24, 2.45) is 0 Å². The third-order valence-electron chi connectivity index (χ3n) is 3.96. The number of nitrogens with one attached hydrogen (secondary N) is 2. The van der Waals surface area contributed by atoms with E-state index in [-0.39, 0.29) is 11.9 Å². The minimum Gasteiger partial charge on any atom is -0.335 e. The van der Waals surface area contributed by atoms with Crippen LogP contribution < -0.4 is 5.32 Å². The average Bonchev–Trinajstić information content (AvgIpc) is 3.22. The molecule has 1 atom stereocenters. The van der Waals surface area contributed by atoms with Crippen LogP contribution in [0.25, 0.3) is 0 Å². The Kier molecular flexibility index (Phi) is 3.71. The molecule has 0 aromatic carbocycles. The number of H-pyrrole nitrogens is 1. The standard InChI is InChI=1S/C14H21N5O/c1-2-7-15-14(20)19-8-3-4-11(9-19)13-16-12(17-18-13)10-5-6-10/h2,10-11H,1,3-9H2,(H,15,20)(H,16,17,18)/t11-/m0/s1. The molecule has 6 nitrogen and oxygen atoms in total. The first-order chi connectivity index (χ1) is 9.78. The summed E-state index contributed by atoms with van der Waals surface area (Å²) in [6, 6.07) is -0.0208. The Labute approximate surface area is 118 Å². The van der Waals surface area contributed by atoms with Crippen molar-refractivity contribution in [2.75, 3.05) is 19.6 Å². The molecule has 1 aromatic heterocycles. The lowest BCUT2D eigenvalue weighted by molar-refractivity contribution is 0.179. The minimum absolute atomic E-state index is 0.0208. The number of rotatable bonds is 4. The van der Waals surface area contributed by atoms with Crippen LogP contribution in [0.5, 0.6) is 0 Å². The van der Waals surface area contributed by atoms with Crippen molar-refractivity contribution in [1.82, 2.24) is 25.4 Å². The summed E-state index contributed by atoms with van der Waals surface area (Å²) in [7, 11) is 0. The van der Waals surface area contributed by atoms with Gasteiger partial charge in [-0.25, -0.2) is 9.78 Å². The van der Waals surface area contributed by atoms with Crippen molar-refractivity contribution in [2.45, 2.75) is 37.5 Å². The third-order valence-corrected chi connectivity index (χ3v) is 3.96. The van der Waals surface area contributed by atoms with Crippen LogP contribution in [0.2, 0.25) is 0 Å². The Balaban J connectivity index is 1.61. The van der Waals surface area contributed by atoms with E-state index in [9.17, 15) is 4.79 Å². The van der Waals surface area contributed by atoms with E-state index in [1.807, 2.05) is 4.90 Å². The molecule has 1 aromatic rings. The van der Waals surface area contributed by atoms with Crippen molar-refractivity contribution in [3.05, 3.63) is 24.3 Å². The summed E-state index contributed by atoms with van der Waals surface area (Å²) < 4.78 is 0. The molecule has 1 aliphatic heterocycles. The number of nitrogens with zero attached hydrogens (tertiary/aromatic N) is 3. The van der Waals surface area contributed by atoms with Crippen LogP contribution in [0.15, 0.2) is 12.7 Å². The van der Waals surface area contributed by atoms with Gasteiger partial charge in [0.05, 0.1) is 0 Å². The molecule has 1 saturated heterocycles. The number of carbonyl (C=O) groups excluding carboxylic acids is 1. The van der Waals surface area contributed by atoms with Gasteiger partial charge in [0.15, 0.2) is 5.82 Å². The molecule has 0 unspecified atom stereocenters. The molecule has 1 aliphatic carbocycles. The summed E-state index contributed by atoms with van der Waals surface area (Å²) in [4.78, 5) is 18.4. The molecule has 108 valence electrons. The molecule has 2 amide bonds. The largest absolute Gasteiger partial charge is 0.335 e. The third kappa shape index (κ3) is 2.84. The lowest BCUT2D eigenvalue weighted by Gasteiger charge is -2.31. The Morgan fingerprint density at radius 2 is 2.30 bits per heavy atom. The van der Waals surface area contributed by atoms with E-state index in [2.05, 4.69) is 27.1 Å². The normalized spacial score (nSPS) is 22.6. The van der Waals surface area contributed by atoms with Gasteiger partial charge in [0, 0.05) is 31.5 Å². The fraction of sp³-hybridized carbons (Fsp3) is 0.643. The summed E-state index contributed by atoms with van der Waals surface area (Å²) in [6.45, 7) is 5.62. The van der Waals surface area contributed by atoms with Gasteiger partial charge in [0.2, 0.25) is 0 Å². The molecule has 3 rings (SSSR count). The zero-order chi connectivity index (χ0) is 13.9. The highest BCUT2D eigenvalue weighted by molar-refractivity contribution is 5.74. The van der Waals surface area contributed by atoms with E-state index in [0.717, 1.165) is 31.0 Å². The Morgan fingerprint density at radius 3 is 3.05 bits per heavy atom. The second-order valence-corrected chi connectivity index (χ2v) is 5.61. The first-order valence-corrected chi connectivity index (χ1v) is 7.34. The Morgan fingerprint density at radius 1 is 1.45 bits per heavy atom. The van der Waals surface area contributed by atoms with E-state index in [1.165, 1.54) is 12.8 Å². The van der Waals surface area contributed by atoms with Gasteiger partial charge in [-0.2, -0.15) is 5.10 Å². The zero-order valence-electron chi connectivity index (χ0n) is 11.6. The van der Waals surface area contributed by atoms with Crippen LogP contribution in [0.3, 0.4) is 0 Å². The molecule has 0 radical (unpaired) electrons. The van der Waals surface area contributed by atoms with Crippen LogP contribution in [0.4, 0.5) is 4.79 Å². The second-order valence-electron chi connectivity index (χ2n) is 5.61. The van der Waals surface area contributed by atoms with E-state index in [0.29, 0.717) is 19.0 Å². The first kappa shape index (κ1) is 13.1. The van der Waals surface area contributed by atoms with Crippen molar-refractivity contribution in [1.29, 1.82) is 0 Å². The second kappa shape index (κ2) is 5.64. The molecular formula is C14H21N5O. The lowest BCUT2D eigenvalue weighted by Crippen LogP contribution is -2.45. The van der Waals surface area contributed by atoms with Crippen molar-refractivity contribution < 1.29 is 4.79 Å². The number of hydrogen-bond acceptors (Lipinski definition) is 3. The molecule has 20 heavy (non-hydrogen) atoms. The van der Waals surface area contributed by atoms with Gasteiger partial charge in [0.25, 0.3) is 0 Å². The minimum atomic E-state index is -0.0208. The maximum atomic E-state index is 12.0. The number of hydrogen-bond donors (Lipinski definition) is 2. The fourth-order valence-corrected chi connectivity index (χ4v) is 2.65. The van der Waals surface area contributed by atoms with Gasteiger partial charge in [-0.15, -0.1) is 6.58 Å². The van der Waals surface area contributed by atoms with E-state index in [4.69, 9.17) is 0 Å². The molecule has 2 fully saturated rings. The SMILES string of the molecule is C=CCNC(=O)N1CCC[C@H](c2n[nH]c(C3CC3)n2)C1. The molecule has 0 spiro atoms. The first-order valence-electron chi connectivity index (χ1n) is 7.34. The highest BCUT2D eigenvalue weighted by atomic mass is 16.2. The number of carbonyl (C=O) groups is 1. The molecule has 2 N–H and O–H groups in total. The molecule has 6 heteroatoms. The van der Waals surface area contributed by atoms with Crippen LogP contribution in [0.1, 0.15) is 49.2 Å². The molecule has 1 saturated carbocycles. The van der Waals surface area contributed by atoms with Gasteiger partial charge in [-0.3, -0.25) is 5.10 Å². The highest BCUT2D eigenvalue weighted by Crippen LogP contribution is 2.38. The van der Waals surface area contributed by atoms with E-state index >= 15 is 0 Å². The fourth-order valence-electron chi connectivity index (χ4n) is 2.65. The number of piperidine rings is 1. The summed E-state index contributed by atoms with van der Waals surface area (Å²) in [5.41, 5.74) is 0. The molecule has 2 heterocycles. The van der Waals surface area contributed by atoms with Crippen LogP contribution in [-0.4, -0.2) is 45.7 Å². The maximum absolute atomic E-state index is 12.0. The number of amides is 2. The number of likely N-dealkylation sites (tertiary alicyclic amines) is 1. The lowest BCUT2D eigenvalue weighted by atomic mass is 9.97. The van der Waals surface area contributed by atoms with Gasteiger partial charge < -0.3 is 10.2 Å². The number of urea groups is 1. The Bertz CT molecular complexity index is 494. The van der Waals surface area contributed by atoms with Crippen LogP contribution in [0, 0.1) is 0 Å². The van der Waals surface area contributed by atoms with E-state index < -0.39 is 0 Å². The predicted octanol–water partition coefficient (Wildman–Crippen LogP) is 1.76. The van der Waals surface area contributed by atoms with Gasteiger partial charge in [0.1, 0.15) is 5.82 Å². The molecular weight excluding hydrogens is 254 g/mol. The van der Waals surface area contributed by atoms with Crippen LogP contribution in [-0.2, 0) is 0 Å². The van der Waals surface area contributed by atoms with E-state index in [1.54, 1.807) is 6.08 Å². The highest BCUT2D eigenvalue weighted by Gasteiger charge is 2.30. The smallest absolute Gasteiger partial charge is 0.317 e. The Hall–Kier alpha value is -1.85. The van der Waals surface area contributed by atoms with Crippen LogP contribution >= 0.6 is 0 Å². The van der Waals surface area contributed by atoms with Gasteiger partial charge >= 0.3 is 6.03 Å². The summed E-state index contributed by atoms with van der Waals surface area (Å²) in [5.74, 6) is 2.73. The quantitative estimate of drug-likeness (QED) is 0.822. The topological polar surface area (TPSA) is 73.9 Å². The summed E-state index contributed by atoms with van der Waals surface area (Å²) >= 11 is 0. The molecule has 2 aliphatic rings. The average molecular weight is 275 g/mol. The summed E-state index contributed by atoms with van der Waals surface area (Å²) in [6.07, 6.45) is 6.17. The maximum Gasteiger partial charge on any atom is 0.317 e. The van der Waals surface area contributed by atoms with Crippen molar-refractivity contribution >= 4 is 6.03 Å². The zero-order valence-corrected chi connectivity index (χ0v) is 11.6. The monoisotopic (exact) mass is 275 g/mol. The van der Waals surface area contributed by atoms with Crippen molar-refractivity contribution in [3.8, 4) is 0 Å². The molecule has 0 bridgehead atoms. The number of aromatic nitrogens is 3. The van der Waals surface area contributed by atoms with Crippen molar-refractivity contribution in [3.63, 3.8) is 0 Å². The summed E-state index contributed by atoms with van der Waals surface area (Å²) in [5, 5.41) is 10.2. The van der Waals surface area contributed by atoms with Gasteiger partial charge in [-0.1, -0.05) is 6.08 Å². The predicted molar refractivity (Wildman–Crippen MR) is 75.5 cm³/mol. The van der Waals surface area contributed by atoms with Gasteiger partial charge in [-0.05, 0) is 25.7 Å². The number of aromatic amines is 1.